The molecular formula is C14H21N3O2. The number of H-pyrrole nitrogens is 1. The van der Waals surface area contributed by atoms with E-state index < -0.39 is 5.76 Å². The largest absolute Gasteiger partial charge is 0.417 e. The van der Waals surface area contributed by atoms with Crippen LogP contribution in [0.4, 0.5) is 0 Å². The van der Waals surface area contributed by atoms with Gasteiger partial charge in [0.1, 0.15) is 0 Å². The monoisotopic (exact) mass is 263 g/mol. The van der Waals surface area contributed by atoms with Crippen LogP contribution in [0.25, 0.3) is 11.1 Å². The van der Waals surface area contributed by atoms with Gasteiger partial charge in [0.05, 0.1) is 5.52 Å². The van der Waals surface area contributed by atoms with Crippen LogP contribution in [0.5, 0.6) is 0 Å². The molecule has 2 rings (SSSR count). The molecule has 0 spiro atoms. The Hall–Kier alpha value is -1.59. The molecule has 1 aromatic heterocycles. The zero-order valence-corrected chi connectivity index (χ0v) is 11.7. The maximum absolute atomic E-state index is 11.2. The Morgan fingerprint density at radius 1 is 1.32 bits per heavy atom. The molecular weight excluding hydrogens is 242 g/mol. The second-order valence-corrected chi connectivity index (χ2v) is 5.39. The summed E-state index contributed by atoms with van der Waals surface area (Å²) >= 11 is 0. The first-order valence-electron chi connectivity index (χ1n) is 6.51. The van der Waals surface area contributed by atoms with E-state index in [4.69, 9.17) is 4.42 Å². The van der Waals surface area contributed by atoms with E-state index in [0.717, 1.165) is 30.7 Å². The molecule has 0 saturated carbocycles. The van der Waals surface area contributed by atoms with Crippen LogP contribution in [0.15, 0.2) is 27.4 Å². The van der Waals surface area contributed by atoms with Crippen LogP contribution < -0.4 is 16.4 Å². The van der Waals surface area contributed by atoms with Crippen LogP contribution in [0.3, 0.4) is 0 Å². The van der Waals surface area contributed by atoms with Crippen molar-refractivity contribution in [1.82, 2.24) is 15.6 Å². The number of aromatic amines is 1. The Bertz CT molecular complexity index is 598. The number of fused-ring (bicyclic) bond motifs is 1. The summed E-state index contributed by atoms with van der Waals surface area (Å²) in [7, 11) is 1.94. The van der Waals surface area contributed by atoms with Crippen molar-refractivity contribution in [3.63, 3.8) is 0 Å². The number of rotatable bonds is 6. The van der Waals surface area contributed by atoms with Crippen molar-refractivity contribution >= 4 is 11.1 Å². The average Bonchev–Trinajstić information content (AvgIpc) is 2.73. The Morgan fingerprint density at radius 2 is 2.11 bits per heavy atom. The van der Waals surface area contributed by atoms with Crippen molar-refractivity contribution in [1.29, 1.82) is 0 Å². The maximum atomic E-state index is 11.2. The third-order valence-corrected chi connectivity index (χ3v) is 3.32. The first-order chi connectivity index (χ1) is 9.03. The van der Waals surface area contributed by atoms with Crippen molar-refractivity contribution in [3.8, 4) is 0 Å². The predicted octanol–water partition coefficient (Wildman–Crippen LogP) is 1.21. The summed E-state index contributed by atoms with van der Waals surface area (Å²) in [4.78, 5) is 13.8. The third-order valence-electron chi connectivity index (χ3n) is 3.32. The number of oxazole rings is 1. The number of likely N-dealkylation sites (N-methyl/N-ethyl adjacent to an activating group) is 1. The summed E-state index contributed by atoms with van der Waals surface area (Å²) in [5, 5.41) is 6.52. The van der Waals surface area contributed by atoms with E-state index >= 15 is 0 Å². The molecule has 0 amide bonds. The van der Waals surface area contributed by atoms with E-state index in [9.17, 15) is 4.79 Å². The van der Waals surface area contributed by atoms with E-state index in [1.54, 1.807) is 0 Å². The van der Waals surface area contributed by atoms with Gasteiger partial charge < -0.3 is 15.1 Å². The second kappa shape index (κ2) is 5.59. The molecule has 0 radical (unpaired) electrons. The summed E-state index contributed by atoms with van der Waals surface area (Å²) < 4.78 is 5.11. The molecule has 2 aromatic rings. The summed E-state index contributed by atoms with van der Waals surface area (Å²) in [6, 6.07) is 5.87. The van der Waals surface area contributed by atoms with E-state index in [1.807, 2.05) is 25.2 Å². The van der Waals surface area contributed by atoms with Crippen molar-refractivity contribution in [2.75, 3.05) is 26.7 Å². The van der Waals surface area contributed by atoms with E-state index in [-0.39, 0.29) is 5.41 Å². The smallest absolute Gasteiger partial charge is 0.408 e. The molecule has 0 bridgehead atoms. The summed E-state index contributed by atoms with van der Waals surface area (Å²) in [6.07, 6.45) is 0. The lowest BCUT2D eigenvalue weighted by molar-refractivity contribution is 0.467. The minimum absolute atomic E-state index is 0.0161. The lowest BCUT2D eigenvalue weighted by Crippen LogP contribution is -2.36. The molecule has 5 nitrogen and oxygen atoms in total. The fourth-order valence-electron chi connectivity index (χ4n) is 2.08. The second-order valence-electron chi connectivity index (χ2n) is 5.39. The molecule has 19 heavy (non-hydrogen) atoms. The van der Waals surface area contributed by atoms with E-state index in [0.29, 0.717) is 5.58 Å². The van der Waals surface area contributed by atoms with Crippen LogP contribution in [0.1, 0.15) is 19.4 Å². The molecule has 0 aliphatic rings. The van der Waals surface area contributed by atoms with Gasteiger partial charge in [-0.15, -0.1) is 0 Å². The molecule has 0 aliphatic carbocycles. The minimum atomic E-state index is -0.405. The molecule has 5 heteroatoms. The van der Waals surface area contributed by atoms with Crippen molar-refractivity contribution in [3.05, 3.63) is 34.3 Å². The topological polar surface area (TPSA) is 70.1 Å². The van der Waals surface area contributed by atoms with Gasteiger partial charge in [0.2, 0.25) is 0 Å². The van der Waals surface area contributed by atoms with Crippen molar-refractivity contribution in [2.24, 2.45) is 0 Å². The lowest BCUT2D eigenvalue weighted by atomic mass is 9.84. The summed E-state index contributed by atoms with van der Waals surface area (Å²) in [5.41, 5.74) is 2.50. The molecule has 3 N–H and O–H groups in total. The third kappa shape index (κ3) is 3.24. The van der Waals surface area contributed by atoms with Gasteiger partial charge in [0.25, 0.3) is 0 Å². The SMILES string of the molecule is CNCCNCC(C)(C)c1ccc2[nH]c(=O)oc2c1. The standard InChI is InChI=1S/C14H21N3O2/c1-14(2,9-16-7-6-15-3)10-4-5-11-12(8-10)19-13(18)17-11/h4-5,8,15-16H,6-7,9H2,1-3H3,(H,17,18). The summed E-state index contributed by atoms with van der Waals surface area (Å²) in [6.45, 7) is 7.09. The van der Waals surface area contributed by atoms with Crippen LogP contribution in [0, 0.1) is 0 Å². The fourth-order valence-corrected chi connectivity index (χ4v) is 2.08. The van der Waals surface area contributed by atoms with E-state index in [1.165, 1.54) is 0 Å². The predicted molar refractivity (Wildman–Crippen MR) is 76.7 cm³/mol. The highest BCUT2D eigenvalue weighted by molar-refractivity contribution is 5.73. The van der Waals surface area contributed by atoms with Crippen LogP contribution in [-0.2, 0) is 5.41 Å². The zero-order chi connectivity index (χ0) is 13.9. The quantitative estimate of drug-likeness (QED) is 0.685. The molecule has 0 saturated heterocycles. The Labute approximate surface area is 112 Å². The zero-order valence-electron chi connectivity index (χ0n) is 11.7. The van der Waals surface area contributed by atoms with Gasteiger partial charge in [0, 0.05) is 25.0 Å². The minimum Gasteiger partial charge on any atom is -0.408 e. The molecule has 0 unspecified atom stereocenters. The van der Waals surface area contributed by atoms with Gasteiger partial charge in [-0.1, -0.05) is 19.9 Å². The molecule has 0 fully saturated rings. The summed E-state index contributed by atoms with van der Waals surface area (Å²) in [5.74, 6) is -0.405. The number of nitrogens with one attached hydrogen (secondary N) is 3. The van der Waals surface area contributed by atoms with E-state index in [2.05, 4.69) is 29.5 Å². The van der Waals surface area contributed by atoms with Gasteiger partial charge in [0.15, 0.2) is 5.58 Å². The van der Waals surface area contributed by atoms with Crippen molar-refractivity contribution in [2.45, 2.75) is 19.3 Å². The molecule has 0 aliphatic heterocycles. The lowest BCUT2D eigenvalue weighted by Gasteiger charge is -2.25. The first-order valence-corrected chi connectivity index (χ1v) is 6.51. The van der Waals surface area contributed by atoms with Crippen LogP contribution >= 0.6 is 0 Å². The highest BCUT2D eigenvalue weighted by atomic mass is 16.4. The Morgan fingerprint density at radius 3 is 2.84 bits per heavy atom. The van der Waals surface area contributed by atoms with Crippen LogP contribution in [0.2, 0.25) is 0 Å². The molecule has 1 aromatic carbocycles. The van der Waals surface area contributed by atoms with Gasteiger partial charge in [-0.2, -0.15) is 0 Å². The van der Waals surface area contributed by atoms with Gasteiger partial charge in [-0.25, -0.2) is 4.79 Å². The van der Waals surface area contributed by atoms with Gasteiger partial charge in [-0.05, 0) is 24.7 Å². The molecule has 1 heterocycles. The van der Waals surface area contributed by atoms with Crippen molar-refractivity contribution < 1.29 is 4.42 Å². The highest BCUT2D eigenvalue weighted by Gasteiger charge is 2.21. The van der Waals surface area contributed by atoms with Gasteiger partial charge in [-0.3, -0.25) is 4.98 Å². The number of benzene rings is 1. The highest BCUT2D eigenvalue weighted by Crippen LogP contribution is 2.25. The maximum Gasteiger partial charge on any atom is 0.417 e. The number of aromatic nitrogens is 1. The average molecular weight is 263 g/mol. The Balaban J connectivity index is 2.14. The van der Waals surface area contributed by atoms with Gasteiger partial charge >= 0.3 is 5.76 Å². The normalized spacial score (nSPS) is 12.2. The molecule has 0 atom stereocenters. The first kappa shape index (κ1) is 13.8. The fraction of sp³-hybridized carbons (Fsp3) is 0.500. The van der Waals surface area contributed by atoms with Crippen LogP contribution in [-0.4, -0.2) is 31.7 Å². The molecule has 104 valence electrons. The Kier molecular flexibility index (Phi) is 4.07. The number of hydrogen-bond acceptors (Lipinski definition) is 4. The number of hydrogen-bond donors (Lipinski definition) is 3.